The van der Waals surface area contributed by atoms with Crippen molar-refractivity contribution in [2.24, 2.45) is 0 Å². The summed E-state index contributed by atoms with van der Waals surface area (Å²) >= 11 is 0. The number of esters is 1. The number of anilines is 1. The van der Waals surface area contributed by atoms with E-state index in [4.69, 9.17) is 4.74 Å². The van der Waals surface area contributed by atoms with Gasteiger partial charge in [0.25, 0.3) is 11.8 Å². The monoisotopic (exact) mass is 461 g/mol. The summed E-state index contributed by atoms with van der Waals surface area (Å²) in [4.78, 5) is 36.3. The third-order valence-electron chi connectivity index (χ3n) is 4.56. The molecule has 9 nitrogen and oxygen atoms in total. The molecule has 0 fully saturated rings. The Kier molecular flexibility index (Phi) is 8.91. The second-order valence-corrected chi connectivity index (χ2v) is 8.77. The summed E-state index contributed by atoms with van der Waals surface area (Å²) in [6, 6.07) is 13.2. The van der Waals surface area contributed by atoms with E-state index in [1.165, 1.54) is 35.5 Å². The second kappa shape index (κ2) is 11.4. The highest BCUT2D eigenvalue weighted by molar-refractivity contribution is 7.89. The van der Waals surface area contributed by atoms with Gasteiger partial charge in [0.1, 0.15) is 6.04 Å². The lowest BCUT2D eigenvalue weighted by molar-refractivity contribution is -0.148. The number of sulfonamides is 1. The van der Waals surface area contributed by atoms with E-state index in [0.717, 1.165) is 0 Å². The quantitative estimate of drug-likeness (QED) is 0.522. The van der Waals surface area contributed by atoms with Crippen molar-refractivity contribution in [3.63, 3.8) is 0 Å². The summed E-state index contributed by atoms with van der Waals surface area (Å²) in [5.41, 5.74) is 0.756. The van der Waals surface area contributed by atoms with Gasteiger partial charge in [-0.3, -0.25) is 9.59 Å². The number of amides is 2. The number of ether oxygens (including phenoxy) is 1. The number of hydrogen-bond donors (Lipinski definition) is 2. The van der Waals surface area contributed by atoms with Crippen LogP contribution in [0.25, 0.3) is 0 Å². The molecule has 0 bridgehead atoms. The van der Waals surface area contributed by atoms with Crippen molar-refractivity contribution < 1.29 is 27.5 Å². The van der Waals surface area contributed by atoms with Gasteiger partial charge < -0.3 is 15.4 Å². The van der Waals surface area contributed by atoms with Crippen LogP contribution in [0, 0.1) is 0 Å². The average molecular weight is 462 g/mol. The lowest BCUT2D eigenvalue weighted by Gasteiger charge is -2.18. The van der Waals surface area contributed by atoms with Crippen LogP contribution in [0.1, 0.15) is 31.1 Å². The zero-order valence-electron chi connectivity index (χ0n) is 18.2. The van der Waals surface area contributed by atoms with Crippen LogP contribution in [0.5, 0.6) is 0 Å². The minimum Gasteiger partial charge on any atom is -0.454 e. The number of nitrogens with one attached hydrogen (secondary N) is 2. The van der Waals surface area contributed by atoms with E-state index < -0.39 is 40.5 Å². The summed E-state index contributed by atoms with van der Waals surface area (Å²) in [5, 5.41) is 5.03. The van der Waals surface area contributed by atoms with Crippen LogP contribution >= 0.6 is 0 Å². The molecule has 0 radical (unpaired) electrons. The Morgan fingerprint density at radius 1 is 0.969 bits per heavy atom. The van der Waals surface area contributed by atoms with Crippen molar-refractivity contribution in [3.05, 3.63) is 60.2 Å². The average Bonchev–Trinajstić information content (AvgIpc) is 2.79. The fraction of sp³-hybridized carbons (Fsp3) is 0.318. The number of hydrogen-bond acceptors (Lipinski definition) is 6. The van der Waals surface area contributed by atoms with Gasteiger partial charge in [0.05, 0.1) is 4.90 Å². The first-order valence-corrected chi connectivity index (χ1v) is 11.6. The molecular weight excluding hydrogens is 434 g/mol. The van der Waals surface area contributed by atoms with Gasteiger partial charge in [-0.05, 0) is 43.3 Å². The van der Waals surface area contributed by atoms with Crippen molar-refractivity contribution in [2.45, 2.75) is 31.7 Å². The molecule has 172 valence electrons. The summed E-state index contributed by atoms with van der Waals surface area (Å²) in [6.07, 6.45) is 0. The molecule has 0 heterocycles. The van der Waals surface area contributed by atoms with Gasteiger partial charge in [-0.2, -0.15) is 4.31 Å². The molecule has 2 N–H and O–H groups in total. The lowest BCUT2D eigenvalue weighted by atomic mass is 10.2. The minimum atomic E-state index is -3.59. The molecule has 0 unspecified atom stereocenters. The molecule has 0 aliphatic heterocycles. The summed E-state index contributed by atoms with van der Waals surface area (Å²) in [5.74, 6) is -1.79. The van der Waals surface area contributed by atoms with Gasteiger partial charge in [-0.15, -0.1) is 0 Å². The number of carbonyl (C=O) groups excluding carboxylic acids is 3. The number of carbonyl (C=O) groups is 3. The van der Waals surface area contributed by atoms with Crippen LogP contribution in [0.3, 0.4) is 0 Å². The fourth-order valence-electron chi connectivity index (χ4n) is 2.81. The topological polar surface area (TPSA) is 122 Å². The van der Waals surface area contributed by atoms with E-state index in [1.807, 2.05) is 0 Å². The van der Waals surface area contributed by atoms with Gasteiger partial charge in [0.2, 0.25) is 10.0 Å². The molecule has 10 heteroatoms. The van der Waals surface area contributed by atoms with Crippen LogP contribution in [0.15, 0.2) is 59.5 Å². The molecule has 2 rings (SSSR count). The molecule has 1 atom stereocenters. The van der Waals surface area contributed by atoms with E-state index in [0.29, 0.717) is 24.3 Å². The molecular formula is C22H27N3O6S. The zero-order valence-corrected chi connectivity index (χ0v) is 19.0. The maximum absolute atomic E-state index is 12.5. The molecule has 2 amide bonds. The number of nitrogens with zero attached hydrogens (tertiary/aromatic N) is 1. The molecule has 0 saturated heterocycles. The highest BCUT2D eigenvalue weighted by Gasteiger charge is 2.22. The Hall–Kier alpha value is -3.24. The first kappa shape index (κ1) is 25.0. The lowest BCUT2D eigenvalue weighted by Crippen LogP contribution is -2.40. The van der Waals surface area contributed by atoms with Crippen molar-refractivity contribution in [1.82, 2.24) is 9.62 Å². The second-order valence-electron chi connectivity index (χ2n) is 6.83. The number of benzene rings is 2. The molecule has 0 saturated carbocycles. The molecule has 0 aliphatic carbocycles. The van der Waals surface area contributed by atoms with Crippen molar-refractivity contribution in [1.29, 1.82) is 0 Å². The van der Waals surface area contributed by atoms with E-state index in [1.54, 1.807) is 44.2 Å². The normalized spacial score (nSPS) is 12.1. The number of rotatable bonds is 10. The maximum atomic E-state index is 12.5. The van der Waals surface area contributed by atoms with Gasteiger partial charge in [0, 0.05) is 24.3 Å². The van der Waals surface area contributed by atoms with Crippen LogP contribution in [0.4, 0.5) is 5.69 Å². The van der Waals surface area contributed by atoms with E-state index in [-0.39, 0.29) is 4.90 Å². The Balaban J connectivity index is 1.86. The Morgan fingerprint density at radius 3 is 2.12 bits per heavy atom. The zero-order chi connectivity index (χ0) is 23.7. The van der Waals surface area contributed by atoms with Crippen LogP contribution < -0.4 is 10.6 Å². The SMILES string of the molecule is CCN(CC)S(=O)(=O)c1ccc(NC(=O)COC(=O)[C@H](C)NC(=O)c2ccccc2)cc1. The predicted octanol–water partition coefficient (Wildman–Crippen LogP) is 2.02. The molecule has 0 spiro atoms. The van der Waals surface area contributed by atoms with Gasteiger partial charge in [-0.1, -0.05) is 32.0 Å². The highest BCUT2D eigenvalue weighted by Crippen LogP contribution is 2.18. The molecule has 0 aliphatic rings. The molecule has 2 aromatic rings. The minimum absolute atomic E-state index is 0.119. The van der Waals surface area contributed by atoms with Crippen LogP contribution in [0.2, 0.25) is 0 Å². The Morgan fingerprint density at radius 2 is 1.56 bits per heavy atom. The fourth-order valence-corrected chi connectivity index (χ4v) is 4.27. The first-order valence-electron chi connectivity index (χ1n) is 10.1. The van der Waals surface area contributed by atoms with Gasteiger partial charge in [0.15, 0.2) is 6.61 Å². The van der Waals surface area contributed by atoms with Crippen molar-refractivity contribution in [3.8, 4) is 0 Å². The summed E-state index contributed by atoms with van der Waals surface area (Å²) < 4.78 is 31.3. The van der Waals surface area contributed by atoms with Crippen LogP contribution in [-0.4, -0.2) is 56.2 Å². The summed E-state index contributed by atoms with van der Waals surface area (Å²) in [6.45, 7) is 5.12. The Labute approximate surface area is 187 Å². The third-order valence-corrected chi connectivity index (χ3v) is 6.63. The van der Waals surface area contributed by atoms with Crippen molar-refractivity contribution >= 4 is 33.5 Å². The van der Waals surface area contributed by atoms with E-state index in [9.17, 15) is 22.8 Å². The molecule has 32 heavy (non-hydrogen) atoms. The van der Waals surface area contributed by atoms with Gasteiger partial charge in [-0.25, -0.2) is 13.2 Å². The van der Waals surface area contributed by atoms with E-state index in [2.05, 4.69) is 10.6 Å². The maximum Gasteiger partial charge on any atom is 0.328 e. The smallest absolute Gasteiger partial charge is 0.328 e. The largest absolute Gasteiger partial charge is 0.454 e. The standard InChI is InChI=1S/C22H27N3O6S/c1-4-25(5-2)32(29,30)19-13-11-18(12-14-19)24-20(26)15-31-22(28)16(3)23-21(27)17-9-7-6-8-10-17/h6-14,16H,4-5,15H2,1-3H3,(H,23,27)(H,24,26)/t16-/m0/s1. The van der Waals surface area contributed by atoms with Crippen molar-refractivity contribution in [2.75, 3.05) is 25.0 Å². The third kappa shape index (κ3) is 6.63. The first-order chi connectivity index (χ1) is 15.2. The highest BCUT2D eigenvalue weighted by atomic mass is 32.2. The van der Waals surface area contributed by atoms with Gasteiger partial charge >= 0.3 is 5.97 Å². The molecule has 0 aromatic heterocycles. The Bertz CT molecular complexity index is 1040. The van der Waals surface area contributed by atoms with E-state index >= 15 is 0 Å². The summed E-state index contributed by atoms with van der Waals surface area (Å²) in [7, 11) is -3.59. The predicted molar refractivity (Wildman–Crippen MR) is 120 cm³/mol. The van der Waals surface area contributed by atoms with Crippen LogP contribution in [-0.2, 0) is 24.3 Å². The molecule has 2 aromatic carbocycles.